The molecule has 4 unspecified atom stereocenters. The van der Waals surface area contributed by atoms with E-state index in [0.29, 0.717) is 23.9 Å². The van der Waals surface area contributed by atoms with E-state index < -0.39 is 0 Å². The first-order valence-electron chi connectivity index (χ1n) is 12.6. The fraction of sp³-hybridized carbons (Fsp3) is 0.731. The van der Waals surface area contributed by atoms with Gasteiger partial charge >= 0.3 is 0 Å². The minimum atomic E-state index is 0.198. The number of H-pyrrole nitrogens is 1. The Morgan fingerprint density at radius 1 is 1.10 bits per heavy atom. The largest absolute Gasteiger partial charge is 0.361 e. The number of hydrogen-bond acceptors (Lipinski definition) is 3. The zero-order chi connectivity index (χ0) is 21.3. The van der Waals surface area contributed by atoms with Crippen LogP contribution in [0.2, 0.25) is 0 Å². The summed E-state index contributed by atoms with van der Waals surface area (Å²) in [5.74, 6) is 1.23. The molecule has 31 heavy (non-hydrogen) atoms. The van der Waals surface area contributed by atoms with Crippen LogP contribution in [0.3, 0.4) is 0 Å². The molecule has 0 saturated carbocycles. The van der Waals surface area contributed by atoms with Crippen molar-refractivity contribution in [3.05, 3.63) is 40.5 Å². The van der Waals surface area contributed by atoms with E-state index >= 15 is 0 Å². The van der Waals surface area contributed by atoms with Gasteiger partial charge < -0.3 is 4.98 Å². The molecule has 0 aromatic carbocycles. The lowest BCUT2D eigenvalue weighted by Crippen LogP contribution is -2.40. The lowest BCUT2D eigenvalue weighted by molar-refractivity contribution is 0.125. The van der Waals surface area contributed by atoms with E-state index in [0.717, 1.165) is 13.1 Å². The third-order valence-electron chi connectivity index (χ3n) is 8.61. The van der Waals surface area contributed by atoms with E-state index in [1.165, 1.54) is 68.8 Å². The van der Waals surface area contributed by atoms with Crippen LogP contribution in [-0.2, 0) is 18.5 Å². The lowest BCUT2D eigenvalue weighted by Gasteiger charge is -2.37. The Hall–Kier alpha value is -1.59. The van der Waals surface area contributed by atoms with Gasteiger partial charge in [-0.05, 0) is 56.3 Å². The number of piperidine rings is 2. The Morgan fingerprint density at radius 2 is 1.90 bits per heavy atom. The van der Waals surface area contributed by atoms with Crippen LogP contribution in [0.4, 0.5) is 0 Å². The third-order valence-corrected chi connectivity index (χ3v) is 8.61. The summed E-state index contributed by atoms with van der Waals surface area (Å²) in [6.07, 6.45) is 6.38. The van der Waals surface area contributed by atoms with Crippen molar-refractivity contribution in [2.75, 3.05) is 19.6 Å². The van der Waals surface area contributed by atoms with Crippen molar-refractivity contribution < 1.29 is 0 Å². The first-order chi connectivity index (χ1) is 14.8. The first-order valence-corrected chi connectivity index (χ1v) is 12.6. The number of aromatic amines is 1. The number of aromatic nitrogens is 3. The zero-order valence-corrected chi connectivity index (χ0v) is 19.8. The molecule has 2 aromatic rings. The summed E-state index contributed by atoms with van der Waals surface area (Å²) in [6, 6.07) is 6.20. The van der Waals surface area contributed by atoms with E-state index in [-0.39, 0.29) is 5.41 Å². The Balaban J connectivity index is 1.19. The van der Waals surface area contributed by atoms with Gasteiger partial charge in [0, 0.05) is 60.9 Å². The Bertz CT molecular complexity index is 955. The minimum absolute atomic E-state index is 0.198. The second-order valence-electron chi connectivity index (χ2n) is 11.9. The second-order valence-corrected chi connectivity index (χ2v) is 11.9. The maximum Gasteiger partial charge on any atom is 0.0656 e. The van der Waals surface area contributed by atoms with E-state index in [4.69, 9.17) is 5.10 Å². The van der Waals surface area contributed by atoms with Crippen molar-refractivity contribution in [3.63, 3.8) is 0 Å². The van der Waals surface area contributed by atoms with Gasteiger partial charge in [0.2, 0.25) is 0 Å². The lowest BCUT2D eigenvalue weighted by atomic mass is 9.85. The third kappa shape index (κ3) is 3.48. The number of nitrogens with zero attached hydrogens (tertiary/aromatic N) is 4. The molecule has 8 heterocycles. The highest BCUT2D eigenvalue weighted by molar-refractivity contribution is 5.34. The van der Waals surface area contributed by atoms with Gasteiger partial charge in [0.25, 0.3) is 0 Å². The molecule has 4 atom stereocenters. The number of rotatable bonds is 3. The fourth-order valence-electron chi connectivity index (χ4n) is 6.66. The second kappa shape index (κ2) is 7.21. The van der Waals surface area contributed by atoms with Crippen LogP contribution >= 0.6 is 0 Å². The Kier molecular flexibility index (Phi) is 4.66. The molecule has 2 fully saturated rings. The Labute approximate surface area is 187 Å². The summed E-state index contributed by atoms with van der Waals surface area (Å²) in [5.41, 5.74) is 7.49. The van der Waals surface area contributed by atoms with Crippen molar-refractivity contribution in [3.8, 4) is 0 Å². The number of hydrogen-bond donors (Lipinski definition) is 1. The highest BCUT2D eigenvalue weighted by Gasteiger charge is 2.38. The molecular weight excluding hydrogens is 382 g/mol. The van der Waals surface area contributed by atoms with Gasteiger partial charge in [-0.3, -0.25) is 14.5 Å². The van der Waals surface area contributed by atoms with Crippen molar-refractivity contribution in [2.45, 2.75) is 102 Å². The summed E-state index contributed by atoms with van der Waals surface area (Å²) in [6.45, 7) is 15.3. The van der Waals surface area contributed by atoms with Crippen molar-refractivity contribution in [2.24, 2.45) is 0 Å². The van der Waals surface area contributed by atoms with Gasteiger partial charge in [-0.2, -0.15) is 5.10 Å². The van der Waals surface area contributed by atoms with Gasteiger partial charge in [-0.25, -0.2) is 0 Å². The van der Waals surface area contributed by atoms with Gasteiger partial charge in [-0.1, -0.05) is 27.7 Å². The fourth-order valence-corrected chi connectivity index (χ4v) is 6.66. The highest BCUT2D eigenvalue weighted by atomic mass is 15.3. The van der Waals surface area contributed by atoms with Crippen LogP contribution in [0.25, 0.3) is 0 Å². The maximum atomic E-state index is 5.17. The van der Waals surface area contributed by atoms with E-state index in [9.17, 15) is 0 Å². The van der Waals surface area contributed by atoms with Crippen LogP contribution in [0.1, 0.15) is 106 Å². The van der Waals surface area contributed by atoms with Crippen molar-refractivity contribution in [1.82, 2.24) is 24.6 Å². The summed E-state index contributed by atoms with van der Waals surface area (Å²) >= 11 is 0. The zero-order valence-electron chi connectivity index (χ0n) is 19.8. The molecule has 1 N–H and O–H groups in total. The molecule has 0 spiro atoms. The summed E-state index contributed by atoms with van der Waals surface area (Å²) in [7, 11) is 0. The van der Waals surface area contributed by atoms with Crippen LogP contribution in [0.15, 0.2) is 12.1 Å². The molecule has 5 nitrogen and oxygen atoms in total. The van der Waals surface area contributed by atoms with E-state index in [1.54, 1.807) is 11.3 Å². The van der Waals surface area contributed by atoms with Gasteiger partial charge in [0.05, 0.1) is 17.4 Å². The molecule has 2 saturated heterocycles. The van der Waals surface area contributed by atoms with Crippen molar-refractivity contribution in [1.29, 1.82) is 0 Å². The molecule has 6 aliphatic rings. The van der Waals surface area contributed by atoms with Crippen LogP contribution in [0, 0.1) is 0 Å². The molecule has 5 heteroatoms. The first kappa shape index (κ1) is 20.0. The van der Waals surface area contributed by atoms with Gasteiger partial charge in [0.15, 0.2) is 0 Å². The molecule has 168 valence electrons. The molecule has 0 aliphatic carbocycles. The molecule has 0 amide bonds. The highest BCUT2D eigenvalue weighted by Crippen LogP contribution is 2.42. The SMILES string of the molecule is CC(CC1CC2CCN1Cc1cc(C(C)(C)C)[nH]c12)c1cc2n(n1)C1CCN(CC1)C2. The van der Waals surface area contributed by atoms with Crippen molar-refractivity contribution >= 4 is 0 Å². The minimum Gasteiger partial charge on any atom is -0.361 e. The summed E-state index contributed by atoms with van der Waals surface area (Å²) in [5, 5.41) is 5.17. The molecule has 4 bridgehead atoms. The molecular formula is C26H39N5. The van der Waals surface area contributed by atoms with Crippen LogP contribution < -0.4 is 0 Å². The van der Waals surface area contributed by atoms with Gasteiger partial charge in [0.1, 0.15) is 0 Å². The molecule has 2 aromatic heterocycles. The monoisotopic (exact) mass is 421 g/mol. The predicted molar refractivity (Wildman–Crippen MR) is 124 cm³/mol. The predicted octanol–water partition coefficient (Wildman–Crippen LogP) is 4.91. The topological polar surface area (TPSA) is 40.1 Å². The average molecular weight is 422 g/mol. The summed E-state index contributed by atoms with van der Waals surface area (Å²) < 4.78 is 2.40. The molecule has 6 aliphatic heterocycles. The van der Waals surface area contributed by atoms with E-state index in [1.807, 2.05) is 0 Å². The standard InChI is InChI=1S/C26H39N5/c1-17(23-14-22-16-29-8-6-20(7-9-29)31(22)28-23)11-21-12-18-5-10-30(21)15-19-13-24(26(2,3)4)27-25(18)19/h13-14,17-18,20-21,27H,5-12,15-16H2,1-4H3. The maximum absolute atomic E-state index is 5.17. The quantitative estimate of drug-likeness (QED) is 0.765. The average Bonchev–Trinajstić information content (AvgIpc) is 3.19. The normalized spacial score (nSPS) is 33.0. The number of nitrogens with one attached hydrogen (secondary N) is 1. The van der Waals surface area contributed by atoms with E-state index in [2.05, 4.69) is 59.3 Å². The van der Waals surface area contributed by atoms with Crippen LogP contribution in [0.5, 0.6) is 0 Å². The van der Waals surface area contributed by atoms with Crippen LogP contribution in [-0.4, -0.2) is 50.2 Å². The molecule has 0 radical (unpaired) electrons. The smallest absolute Gasteiger partial charge is 0.0656 e. The molecule has 8 rings (SSSR count). The summed E-state index contributed by atoms with van der Waals surface area (Å²) in [4.78, 5) is 9.24. The Morgan fingerprint density at radius 3 is 2.68 bits per heavy atom. The number of fused-ring (bicyclic) bond motifs is 4. The van der Waals surface area contributed by atoms with Gasteiger partial charge in [-0.15, -0.1) is 0 Å².